The summed E-state index contributed by atoms with van der Waals surface area (Å²) in [6.07, 6.45) is -0.0434. The first-order valence-electron chi connectivity index (χ1n) is 26.3. The van der Waals surface area contributed by atoms with Crippen LogP contribution in [0.4, 0.5) is 0 Å². The summed E-state index contributed by atoms with van der Waals surface area (Å²) in [5.41, 5.74) is -1.29. The van der Waals surface area contributed by atoms with Gasteiger partial charge in [0.05, 0.1) is 28.5 Å². The molecular formula is C49H72O23S7. The summed E-state index contributed by atoms with van der Waals surface area (Å²) in [6, 6.07) is 0. The molecule has 448 valence electrons. The number of hydrogen-bond donors (Lipinski definition) is 0. The molecule has 0 amide bonds. The molecule has 2 aliphatic carbocycles. The van der Waals surface area contributed by atoms with Crippen molar-refractivity contribution in [2.75, 3.05) is 50.3 Å². The minimum Gasteiger partial charge on any atom is -0.463 e. The lowest BCUT2D eigenvalue weighted by molar-refractivity contribution is -0.164. The zero-order valence-corrected chi connectivity index (χ0v) is 51.2. The van der Waals surface area contributed by atoms with Gasteiger partial charge >= 0.3 is 23.9 Å². The van der Waals surface area contributed by atoms with E-state index in [1.54, 1.807) is 13.8 Å². The van der Waals surface area contributed by atoms with Crippen molar-refractivity contribution < 1.29 is 105 Å². The molecule has 9 fully saturated rings. The maximum absolute atomic E-state index is 12.0. The Balaban J connectivity index is 0.000000172. The van der Waals surface area contributed by atoms with E-state index in [9.17, 15) is 58.8 Å². The lowest BCUT2D eigenvalue weighted by atomic mass is 9.92. The number of rotatable bonds is 23. The average Bonchev–Trinajstić information content (AvgIpc) is 4.00. The third-order valence-corrected chi connectivity index (χ3v) is 26.8. The molecule has 15 atom stereocenters. The van der Waals surface area contributed by atoms with Crippen LogP contribution in [0.5, 0.6) is 0 Å². The molecule has 15 unspecified atom stereocenters. The zero-order valence-electron chi connectivity index (χ0n) is 45.5. The maximum Gasteiger partial charge on any atom is 0.344 e. The highest BCUT2D eigenvalue weighted by Crippen LogP contribution is 2.57. The number of carbonyl (C=O) groups excluding carboxylic acids is 7. The van der Waals surface area contributed by atoms with Crippen molar-refractivity contribution in [1.29, 1.82) is 0 Å². The first kappa shape index (κ1) is 64.5. The predicted octanol–water partition coefficient (Wildman–Crippen LogP) is 3.75. The van der Waals surface area contributed by atoms with Gasteiger partial charge in [0.15, 0.2) is 22.0 Å². The summed E-state index contributed by atoms with van der Waals surface area (Å²) < 4.78 is 124. The predicted molar refractivity (Wildman–Crippen MR) is 289 cm³/mol. The fourth-order valence-electron chi connectivity index (χ4n) is 10.4. The van der Waals surface area contributed by atoms with Crippen LogP contribution in [0, 0.1) is 28.1 Å². The van der Waals surface area contributed by atoms with Gasteiger partial charge in [0.25, 0.3) is 30.4 Å². The maximum atomic E-state index is 12.0. The van der Waals surface area contributed by atoms with Gasteiger partial charge in [0, 0.05) is 38.9 Å². The van der Waals surface area contributed by atoms with Gasteiger partial charge in [-0.25, -0.2) is 14.4 Å². The van der Waals surface area contributed by atoms with Gasteiger partial charge in [-0.3, -0.25) is 31.7 Å². The minimum absolute atomic E-state index is 0.00430. The first-order chi connectivity index (χ1) is 36.9. The molecule has 2 saturated carbocycles. The van der Waals surface area contributed by atoms with Crippen LogP contribution < -0.4 is 0 Å². The van der Waals surface area contributed by atoms with Crippen LogP contribution in [0.25, 0.3) is 0 Å². The molecule has 0 spiro atoms. The van der Waals surface area contributed by atoms with Gasteiger partial charge < -0.3 is 33.2 Å². The van der Waals surface area contributed by atoms with E-state index in [-0.39, 0.29) is 92.9 Å². The van der Waals surface area contributed by atoms with Gasteiger partial charge in [-0.1, -0.05) is 97.6 Å². The molecule has 0 aromatic heterocycles. The summed E-state index contributed by atoms with van der Waals surface area (Å²) in [6.45, 7) is 16.1. The zero-order chi connectivity index (χ0) is 58.2. The number of thioether (sulfide) groups is 4. The van der Waals surface area contributed by atoms with Gasteiger partial charge in [-0.05, 0) is 50.9 Å². The van der Waals surface area contributed by atoms with Crippen molar-refractivity contribution >= 4 is 117 Å². The van der Waals surface area contributed by atoms with Crippen molar-refractivity contribution in [2.24, 2.45) is 28.1 Å². The molecule has 7 heterocycles. The largest absolute Gasteiger partial charge is 0.463 e. The number of hydrogen-bond acceptors (Lipinski definition) is 27. The highest BCUT2D eigenvalue weighted by molar-refractivity contribution is 8.14. The van der Waals surface area contributed by atoms with Crippen LogP contribution >= 0.6 is 47.0 Å². The Morgan fingerprint density at radius 1 is 0.519 bits per heavy atom. The van der Waals surface area contributed by atoms with Gasteiger partial charge in [-0.2, -0.15) is 25.3 Å². The second kappa shape index (κ2) is 25.6. The lowest BCUT2D eigenvalue weighted by Gasteiger charge is -2.24. The van der Waals surface area contributed by atoms with Crippen LogP contribution in [0.3, 0.4) is 0 Å². The Hall–Kier alpha value is -2.10. The standard InChI is InChI=1S/C17H26O7S2.C16H22O8S3.C16H24O8S2/c1-4-17(2,3)16(19)25-6-5-22-13(18)9-23-14-10-7-11-12(8-10)26(20,21)24-15(11)14;1-4-16(2,3)15(19)25-7-11(18)22-6-10(17)23-12-8-5-9-14(26-8)13(12)24-27(9,20)21;1-4-16(2,3)15(18)25-6-5-21-11(17)8-22-12-9-7-10-13(23-9)14(12)24-26(10,19)20/h10-12,14-15H,4-9H2,1-3H3;8-9,12-14H,4-7H2,1-3H3;9-10,12-14H,4-8H2,1-3H3. The normalized spacial score (nSPS) is 33.8. The number of ether oxygens (including phenoxy) is 7. The number of carbonyl (C=O) groups is 7. The van der Waals surface area contributed by atoms with E-state index in [2.05, 4.69) is 0 Å². The van der Waals surface area contributed by atoms with Crippen molar-refractivity contribution in [2.45, 2.75) is 182 Å². The van der Waals surface area contributed by atoms with Crippen molar-refractivity contribution in [1.82, 2.24) is 0 Å². The Morgan fingerprint density at radius 3 is 1.59 bits per heavy atom. The fourth-order valence-corrected chi connectivity index (χ4v) is 20.7. The summed E-state index contributed by atoms with van der Waals surface area (Å²) in [7, 11) is -10.7. The Kier molecular flexibility index (Phi) is 20.9. The molecule has 6 bridgehead atoms. The second-order valence-corrected chi connectivity index (χ2v) is 32.4. The molecule has 23 nitrogen and oxygen atoms in total. The lowest BCUT2D eigenvalue weighted by Crippen LogP contribution is -2.42. The van der Waals surface area contributed by atoms with Crippen LogP contribution in [0.15, 0.2) is 0 Å². The number of esters is 4. The molecule has 79 heavy (non-hydrogen) atoms. The Morgan fingerprint density at radius 2 is 1.03 bits per heavy atom. The van der Waals surface area contributed by atoms with Crippen LogP contribution in [0.2, 0.25) is 0 Å². The summed E-state index contributed by atoms with van der Waals surface area (Å²) >= 11 is 4.65. The molecule has 0 radical (unpaired) electrons. The molecular weight excluding hydrogens is 1180 g/mol. The van der Waals surface area contributed by atoms with Crippen LogP contribution in [-0.4, -0.2) is 190 Å². The van der Waals surface area contributed by atoms with E-state index < -0.39 is 119 Å². The SMILES string of the molecule is CCC(C)(C)C(=O)SCC(=O)OCC(=O)OC1C2CC3C(S2)C1OS3(=O)=O.CCC(C)(C)C(=O)SCCOC(=O)COC1C2CC3C(O2)C1OS3(=O)=O.CCC(C)(C)C(=O)SCCOC(=O)COC1C2CC3C1OS(=O)(=O)C3C2. The van der Waals surface area contributed by atoms with E-state index in [1.165, 1.54) is 23.5 Å². The third-order valence-electron chi connectivity index (χ3n) is 16.2. The summed E-state index contributed by atoms with van der Waals surface area (Å²) in [5.74, 6) is -1.76. The molecule has 7 saturated heterocycles. The molecule has 0 N–H and O–H groups in total. The quantitative estimate of drug-likeness (QED) is 0.0608. The molecule has 9 aliphatic rings. The molecule has 9 rings (SSSR count). The molecule has 30 heteroatoms. The van der Waals surface area contributed by atoms with Gasteiger partial charge in [-0.15, -0.1) is 11.8 Å². The van der Waals surface area contributed by atoms with Crippen molar-refractivity contribution in [3.05, 3.63) is 0 Å². The Labute approximate surface area is 478 Å². The highest BCUT2D eigenvalue weighted by Gasteiger charge is 2.68. The summed E-state index contributed by atoms with van der Waals surface area (Å²) in [4.78, 5) is 83.2. The molecule has 0 aromatic carbocycles. The highest BCUT2D eigenvalue weighted by atomic mass is 32.2. The molecule has 7 aliphatic heterocycles. The van der Waals surface area contributed by atoms with E-state index in [0.717, 1.165) is 42.8 Å². The first-order valence-corrected chi connectivity index (χ1v) is 34.7. The molecule has 0 aromatic rings. The second-order valence-electron chi connectivity index (χ2n) is 22.6. The van der Waals surface area contributed by atoms with E-state index in [4.69, 9.17) is 45.7 Å². The van der Waals surface area contributed by atoms with Crippen molar-refractivity contribution in [3.63, 3.8) is 0 Å². The monoisotopic (exact) mass is 1250 g/mol. The van der Waals surface area contributed by atoms with E-state index in [0.29, 0.717) is 37.2 Å². The third kappa shape index (κ3) is 14.7. The number of fused-ring (bicyclic) bond motifs is 3. The van der Waals surface area contributed by atoms with Gasteiger partial charge in [0.1, 0.15) is 73.6 Å². The Bertz CT molecular complexity index is 2540. The van der Waals surface area contributed by atoms with E-state index in [1.807, 2.05) is 48.5 Å². The van der Waals surface area contributed by atoms with Crippen LogP contribution in [-0.2, 0) is 110 Å². The smallest absolute Gasteiger partial charge is 0.344 e. The fraction of sp³-hybridized carbons (Fsp3) is 0.857. The van der Waals surface area contributed by atoms with E-state index >= 15 is 0 Å². The van der Waals surface area contributed by atoms with Crippen LogP contribution in [0.1, 0.15) is 107 Å². The van der Waals surface area contributed by atoms with Crippen molar-refractivity contribution in [3.8, 4) is 0 Å². The van der Waals surface area contributed by atoms with Gasteiger partial charge in [0.2, 0.25) is 0 Å². The minimum atomic E-state index is -3.60. The summed E-state index contributed by atoms with van der Waals surface area (Å²) in [5, 5.41) is -1.82. The topological polar surface area (TPSA) is 314 Å². The average molecular weight is 1250 g/mol.